The van der Waals surface area contributed by atoms with E-state index in [0.29, 0.717) is 18.5 Å². The largest absolute Gasteiger partial charge is 0.350 e. The first-order valence-corrected chi connectivity index (χ1v) is 11.0. The number of nitrogens with one attached hydrogen (secondary N) is 1. The van der Waals surface area contributed by atoms with Crippen molar-refractivity contribution in [3.63, 3.8) is 0 Å². The van der Waals surface area contributed by atoms with Gasteiger partial charge >= 0.3 is 0 Å². The summed E-state index contributed by atoms with van der Waals surface area (Å²) in [7, 11) is 0. The molecular formula is C27H23N5O2. The van der Waals surface area contributed by atoms with Crippen LogP contribution in [-0.2, 0) is 24.4 Å². The smallest absolute Gasteiger partial charge is 0.275 e. The number of carbonyl (C=O) groups is 1. The van der Waals surface area contributed by atoms with Crippen molar-refractivity contribution < 1.29 is 4.79 Å². The summed E-state index contributed by atoms with van der Waals surface area (Å²) < 4.78 is 3.08. The highest BCUT2D eigenvalue weighted by molar-refractivity contribution is 5.81. The maximum atomic E-state index is 12.6. The molecule has 0 unspecified atom stereocenters. The molecular weight excluding hydrogens is 426 g/mol. The van der Waals surface area contributed by atoms with Crippen LogP contribution in [0.5, 0.6) is 0 Å². The lowest BCUT2D eigenvalue weighted by atomic mass is 9.98. The summed E-state index contributed by atoms with van der Waals surface area (Å²) in [5.41, 5.74) is 4.00. The molecule has 0 bridgehead atoms. The van der Waals surface area contributed by atoms with E-state index in [0.717, 1.165) is 27.6 Å². The fourth-order valence-electron chi connectivity index (χ4n) is 3.95. The second-order valence-corrected chi connectivity index (χ2v) is 8.03. The molecule has 7 nitrogen and oxygen atoms in total. The molecule has 1 amide bonds. The summed E-state index contributed by atoms with van der Waals surface area (Å²) in [6.07, 6.45) is 5.31. The predicted octanol–water partition coefficient (Wildman–Crippen LogP) is 3.62. The van der Waals surface area contributed by atoms with Crippen molar-refractivity contribution in [3.05, 3.63) is 119 Å². The van der Waals surface area contributed by atoms with E-state index in [-0.39, 0.29) is 18.0 Å². The Bertz CT molecular complexity index is 1490. The van der Waals surface area contributed by atoms with Gasteiger partial charge in [0.1, 0.15) is 6.54 Å². The number of benzene rings is 3. The van der Waals surface area contributed by atoms with Gasteiger partial charge in [-0.05, 0) is 34.4 Å². The van der Waals surface area contributed by atoms with Crippen LogP contribution in [0, 0.1) is 0 Å². The molecule has 2 heterocycles. The average Bonchev–Trinajstić information content (AvgIpc) is 3.38. The van der Waals surface area contributed by atoms with Gasteiger partial charge in [0, 0.05) is 24.3 Å². The lowest BCUT2D eigenvalue weighted by Crippen LogP contribution is -2.33. The summed E-state index contributed by atoms with van der Waals surface area (Å²) in [6.45, 7) is 0.938. The maximum absolute atomic E-state index is 12.6. The SMILES string of the molecule is O=C(Cn1ncc2ccccc2c1=O)NCc1ccccc1-c1ccc(Cn2cccn2)cc1. The molecule has 5 aromatic rings. The Morgan fingerprint density at radius 1 is 0.882 bits per heavy atom. The summed E-state index contributed by atoms with van der Waals surface area (Å²) >= 11 is 0. The molecule has 3 aromatic carbocycles. The van der Waals surface area contributed by atoms with Crippen molar-refractivity contribution in [2.45, 2.75) is 19.6 Å². The van der Waals surface area contributed by atoms with Crippen molar-refractivity contribution in [2.24, 2.45) is 0 Å². The number of hydrogen-bond donors (Lipinski definition) is 1. The Kier molecular flexibility index (Phi) is 5.99. The molecule has 5 rings (SSSR count). The van der Waals surface area contributed by atoms with Gasteiger partial charge in [0.15, 0.2) is 0 Å². The molecule has 0 atom stereocenters. The molecule has 0 aliphatic heterocycles. The van der Waals surface area contributed by atoms with Gasteiger partial charge < -0.3 is 5.32 Å². The van der Waals surface area contributed by atoms with Crippen molar-refractivity contribution in [1.29, 1.82) is 0 Å². The lowest BCUT2D eigenvalue weighted by molar-refractivity contribution is -0.122. The van der Waals surface area contributed by atoms with Crippen LogP contribution in [0.1, 0.15) is 11.1 Å². The van der Waals surface area contributed by atoms with Crippen molar-refractivity contribution in [1.82, 2.24) is 24.9 Å². The summed E-state index contributed by atoms with van der Waals surface area (Å²) in [4.78, 5) is 25.2. The zero-order chi connectivity index (χ0) is 23.3. The molecule has 0 fully saturated rings. The minimum Gasteiger partial charge on any atom is -0.350 e. The third-order valence-corrected chi connectivity index (χ3v) is 5.72. The predicted molar refractivity (Wildman–Crippen MR) is 131 cm³/mol. The molecule has 0 spiro atoms. The number of fused-ring (bicyclic) bond motifs is 1. The molecule has 1 N–H and O–H groups in total. The number of hydrogen-bond acceptors (Lipinski definition) is 4. The lowest BCUT2D eigenvalue weighted by Gasteiger charge is -2.12. The Labute approximate surface area is 196 Å². The first-order chi connectivity index (χ1) is 16.7. The van der Waals surface area contributed by atoms with Gasteiger partial charge in [-0.3, -0.25) is 14.3 Å². The quantitative estimate of drug-likeness (QED) is 0.411. The van der Waals surface area contributed by atoms with E-state index in [1.54, 1.807) is 24.5 Å². The third-order valence-electron chi connectivity index (χ3n) is 5.72. The molecule has 34 heavy (non-hydrogen) atoms. The van der Waals surface area contributed by atoms with Crippen LogP contribution in [0.3, 0.4) is 0 Å². The molecule has 168 valence electrons. The average molecular weight is 450 g/mol. The fraction of sp³-hybridized carbons (Fsp3) is 0.111. The van der Waals surface area contributed by atoms with Crippen molar-refractivity contribution in [3.8, 4) is 11.1 Å². The van der Waals surface area contributed by atoms with E-state index in [1.807, 2.05) is 53.3 Å². The number of nitrogens with zero attached hydrogens (tertiary/aromatic N) is 4. The van der Waals surface area contributed by atoms with Gasteiger partial charge in [-0.2, -0.15) is 10.2 Å². The fourth-order valence-corrected chi connectivity index (χ4v) is 3.95. The van der Waals surface area contributed by atoms with E-state index in [2.05, 4.69) is 39.8 Å². The van der Waals surface area contributed by atoms with Gasteiger partial charge in [-0.15, -0.1) is 0 Å². The van der Waals surface area contributed by atoms with Crippen LogP contribution in [-0.4, -0.2) is 25.5 Å². The maximum Gasteiger partial charge on any atom is 0.275 e. The Balaban J connectivity index is 1.27. The minimum atomic E-state index is -0.274. The summed E-state index contributed by atoms with van der Waals surface area (Å²) in [5.74, 6) is -0.269. The van der Waals surface area contributed by atoms with Gasteiger partial charge in [0.2, 0.25) is 5.91 Å². The van der Waals surface area contributed by atoms with Gasteiger partial charge in [0.25, 0.3) is 5.56 Å². The number of carbonyl (C=O) groups excluding carboxylic acids is 1. The summed E-state index contributed by atoms with van der Waals surface area (Å²) in [6, 6.07) is 25.4. The van der Waals surface area contributed by atoms with E-state index < -0.39 is 0 Å². The van der Waals surface area contributed by atoms with Crippen LogP contribution in [0.2, 0.25) is 0 Å². The van der Waals surface area contributed by atoms with Crippen molar-refractivity contribution in [2.75, 3.05) is 0 Å². The van der Waals surface area contributed by atoms with E-state index in [1.165, 1.54) is 4.68 Å². The topological polar surface area (TPSA) is 81.8 Å². The molecule has 0 radical (unpaired) electrons. The molecule has 0 aliphatic rings. The molecule has 0 aliphatic carbocycles. The van der Waals surface area contributed by atoms with Gasteiger partial charge in [-0.25, -0.2) is 4.68 Å². The monoisotopic (exact) mass is 449 g/mol. The standard InChI is InChI=1S/C27H23N5O2/c33-26(19-32-27(34)25-9-4-2-7-23(25)17-30-32)28-16-22-6-1-3-8-24(22)21-12-10-20(11-13-21)18-31-15-5-14-29-31/h1-15,17H,16,18-19H2,(H,28,33). The number of amides is 1. The highest BCUT2D eigenvalue weighted by atomic mass is 16.2. The first kappa shape index (κ1) is 21.3. The Morgan fingerprint density at radius 2 is 1.68 bits per heavy atom. The van der Waals surface area contributed by atoms with Crippen LogP contribution in [0.4, 0.5) is 0 Å². The van der Waals surface area contributed by atoms with E-state index in [4.69, 9.17) is 0 Å². The molecule has 2 aromatic heterocycles. The molecule has 7 heteroatoms. The van der Waals surface area contributed by atoms with E-state index >= 15 is 0 Å². The minimum absolute atomic E-state index is 0.131. The van der Waals surface area contributed by atoms with Crippen LogP contribution in [0.25, 0.3) is 21.9 Å². The summed E-state index contributed by atoms with van der Waals surface area (Å²) in [5, 5.41) is 12.6. The normalized spacial score (nSPS) is 10.9. The van der Waals surface area contributed by atoms with Crippen LogP contribution >= 0.6 is 0 Å². The Morgan fingerprint density at radius 3 is 2.50 bits per heavy atom. The number of aromatic nitrogens is 4. The molecule has 0 saturated carbocycles. The number of rotatable bonds is 7. The molecule has 0 saturated heterocycles. The highest BCUT2D eigenvalue weighted by Crippen LogP contribution is 2.24. The Hall–Kier alpha value is -4.52. The first-order valence-electron chi connectivity index (χ1n) is 11.0. The second-order valence-electron chi connectivity index (χ2n) is 8.03. The highest BCUT2D eigenvalue weighted by Gasteiger charge is 2.10. The zero-order valence-corrected chi connectivity index (χ0v) is 18.5. The zero-order valence-electron chi connectivity index (χ0n) is 18.5. The van der Waals surface area contributed by atoms with Gasteiger partial charge in [0.05, 0.1) is 18.1 Å². The third kappa shape index (κ3) is 4.63. The van der Waals surface area contributed by atoms with Crippen LogP contribution in [0.15, 0.2) is 102 Å². The second kappa shape index (κ2) is 9.54. The van der Waals surface area contributed by atoms with Crippen molar-refractivity contribution >= 4 is 16.7 Å². The van der Waals surface area contributed by atoms with E-state index in [9.17, 15) is 9.59 Å². The van der Waals surface area contributed by atoms with Crippen LogP contribution < -0.4 is 10.9 Å². The van der Waals surface area contributed by atoms with Gasteiger partial charge in [-0.1, -0.05) is 66.7 Å².